The monoisotopic (exact) mass is 144 g/mol. The summed E-state index contributed by atoms with van der Waals surface area (Å²) in [5, 5.41) is 0. The number of rotatable bonds is 5. The Hall–Kier alpha value is -0.0400. The van der Waals surface area contributed by atoms with E-state index in [2.05, 4.69) is 20.8 Å². The molecule has 0 fully saturated rings. The van der Waals surface area contributed by atoms with E-state index in [0.29, 0.717) is 6.10 Å². The lowest BCUT2D eigenvalue weighted by Gasteiger charge is -2.14. The second-order valence-corrected chi connectivity index (χ2v) is 3.18. The summed E-state index contributed by atoms with van der Waals surface area (Å²) in [5.41, 5.74) is 0. The highest BCUT2D eigenvalue weighted by molar-refractivity contribution is 4.57. The second kappa shape index (κ2) is 5.72. The van der Waals surface area contributed by atoms with E-state index >= 15 is 0 Å². The van der Waals surface area contributed by atoms with Gasteiger partial charge in [0.15, 0.2) is 0 Å². The smallest absolute Gasteiger partial charge is 0.0545 e. The van der Waals surface area contributed by atoms with Gasteiger partial charge in [-0.1, -0.05) is 26.7 Å². The van der Waals surface area contributed by atoms with E-state index in [1.807, 2.05) is 0 Å². The van der Waals surface area contributed by atoms with Crippen LogP contribution in [0.15, 0.2) is 0 Å². The molecular weight excluding hydrogens is 124 g/mol. The van der Waals surface area contributed by atoms with Gasteiger partial charge in [0.25, 0.3) is 0 Å². The molecule has 0 aromatic heterocycles. The first-order chi connectivity index (χ1) is 4.70. The third-order valence-corrected chi connectivity index (χ3v) is 1.92. The van der Waals surface area contributed by atoms with E-state index in [1.54, 1.807) is 7.11 Å². The largest absolute Gasteiger partial charge is 0.382 e. The second-order valence-electron chi connectivity index (χ2n) is 3.18. The third-order valence-electron chi connectivity index (χ3n) is 1.92. The maximum Gasteiger partial charge on any atom is 0.0545 e. The van der Waals surface area contributed by atoms with Crippen molar-refractivity contribution in [1.82, 2.24) is 0 Å². The van der Waals surface area contributed by atoms with E-state index in [4.69, 9.17) is 4.74 Å². The molecule has 0 aliphatic heterocycles. The molecule has 62 valence electrons. The molecule has 0 heterocycles. The van der Waals surface area contributed by atoms with Crippen LogP contribution in [0.4, 0.5) is 0 Å². The maximum absolute atomic E-state index is 5.17. The first kappa shape index (κ1) is 9.96. The van der Waals surface area contributed by atoms with Crippen molar-refractivity contribution in [2.24, 2.45) is 5.92 Å². The van der Waals surface area contributed by atoms with Crippen LogP contribution in [-0.4, -0.2) is 13.2 Å². The predicted octanol–water partition coefficient (Wildman–Crippen LogP) is 2.85. The Morgan fingerprint density at radius 2 is 1.90 bits per heavy atom. The van der Waals surface area contributed by atoms with E-state index in [0.717, 1.165) is 5.92 Å². The molecule has 0 saturated heterocycles. The van der Waals surface area contributed by atoms with E-state index < -0.39 is 0 Å². The zero-order valence-electron chi connectivity index (χ0n) is 7.68. The Morgan fingerprint density at radius 3 is 2.30 bits per heavy atom. The normalized spacial score (nSPS) is 16.8. The Kier molecular flexibility index (Phi) is 5.70. The topological polar surface area (TPSA) is 9.23 Å². The van der Waals surface area contributed by atoms with Gasteiger partial charge in [-0.15, -0.1) is 0 Å². The van der Waals surface area contributed by atoms with Gasteiger partial charge in [0.2, 0.25) is 0 Å². The van der Waals surface area contributed by atoms with Crippen LogP contribution in [0.2, 0.25) is 0 Å². The molecule has 1 nitrogen and oxygen atoms in total. The molecule has 0 amide bonds. The van der Waals surface area contributed by atoms with Crippen LogP contribution in [0.1, 0.15) is 40.0 Å². The molecule has 0 spiro atoms. The average Bonchev–Trinajstić information content (AvgIpc) is 1.88. The quantitative estimate of drug-likeness (QED) is 0.576. The summed E-state index contributed by atoms with van der Waals surface area (Å²) in [6.45, 7) is 6.65. The summed E-state index contributed by atoms with van der Waals surface area (Å²) in [6, 6.07) is 0. The molecule has 1 heteroatoms. The van der Waals surface area contributed by atoms with Crippen molar-refractivity contribution in [3.63, 3.8) is 0 Å². The van der Waals surface area contributed by atoms with Gasteiger partial charge in [-0.3, -0.25) is 0 Å². The Balaban J connectivity index is 3.27. The van der Waals surface area contributed by atoms with Gasteiger partial charge < -0.3 is 4.74 Å². The number of hydrogen-bond donors (Lipinski definition) is 0. The van der Waals surface area contributed by atoms with E-state index in [1.165, 1.54) is 19.3 Å². The molecular formula is C9H20O. The predicted molar refractivity (Wildman–Crippen MR) is 45.2 cm³/mol. The molecule has 2 atom stereocenters. The van der Waals surface area contributed by atoms with Crippen molar-refractivity contribution in [1.29, 1.82) is 0 Å². The Bertz CT molecular complexity index is 71.1. The summed E-state index contributed by atoms with van der Waals surface area (Å²) >= 11 is 0. The average molecular weight is 144 g/mol. The van der Waals surface area contributed by atoms with Crippen molar-refractivity contribution in [2.75, 3.05) is 7.11 Å². The fraction of sp³-hybridized carbons (Fsp3) is 1.00. The summed E-state index contributed by atoms with van der Waals surface area (Å²) in [7, 11) is 1.78. The van der Waals surface area contributed by atoms with Crippen LogP contribution in [0.25, 0.3) is 0 Å². The lowest BCUT2D eigenvalue weighted by atomic mass is 9.99. The minimum atomic E-state index is 0.432. The number of ether oxygens (including phenoxy) is 1. The Labute approximate surface area is 64.8 Å². The molecule has 0 saturated carbocycles. The number of methoxy groups -OCH3 is 1. The van der Waals surface area contributed by atoms with Crippen LogP contribution in [0, 0.1) is 5.92 Å². The van der Waals surface area contributed by atoms with Crippen LogP contribution in [0.3, 0.4) is 0 Å². The molecule has 0 N–H and O–H groups in total. The van der Waals surface area contributed by atoms with Crippen LogP contribution < -0.4 is 0 Å². The van der Waals surface area contributed by atoms with E-state index in [-0.39, 0.29) is 0 Å². The highest BCUT2D eigenvalue weighted by Crippen LogP contribution is 2.13. The van der Waals surface area contributed by atoms with Crippen LogP contribution in [0.5, 0.6) is 0 Å². The lowest BCUT2D eigenvalue weighted by Crippen LogP contribution is -2.09. The molecule has 0 radical (unpaired) electrons. The van der Waals surface area contributed by atoms with Gasteiger partial charge >= 0.3 is 0 Å². The fourth-order valence-electron chi connectivity index (χ4n) is 1.27. The molecule has 0 aromatic carbocycles. The van der Waals surface area contributed by atoms with Gasteiger partial charge in [0.1, 0.15) is 0 Å². The van der Waals surface area contributed by atoms with Gasteiger partial charge in [-0.05, 0) is 19.3 Å². The molecule has 0 aromatic rings. The molecule has 0 bridgehead atoms. The minimum absolute atomic E-state index is 0.432. The van der Waals surface area contributed by atoms with E-state index in [9.17, 15) is 0 Å². The minimum Gasteiger partial charge on any atom is -0.382 e. The molecule has 0 rings (SSSR count). The summed E-state index contributed by atoms with van der Waals surface area (Å²) in [4.78, 5) is 0. The van der Waals surface area contributed by atoms with Gasteiger partial charge in [0, 0.05) is 7.11 Å². The van der Waals surface area contributed by atoms with Crippen LogP contribution in [-0.2, 0) is 4.74 Å². The van der Waals surface area contributed by atoms with Crippen molar-refractivity contribution in [2.45, 2.75) is 46.1 Å². The first-order valence-electron chi connectivity index (χ1n) is 4.23. The number of hydrogen-bond acceptors (Lipinski definition) is 1. The molecule has 10 heavy (non-hydrogen) atoms. The fourth-order valence-corrected chi connectivity index (χ4v) is 1.27. The summed E-state index contributed by atoms with van der Waals surface area (Å²) in [5.74, 6) is 0.819. The standard InChI is InChI=1S/C9H20O/c1-5-6-8(2)7-9(3)10-4/h8-9H,5-7H2,1-4H3/t8-,9-/m0/s1. The zero-order chi connectivity index (χ0) is 7.98. The van der Waals surface area contributed by atoms with Gasteiger partial charge in [-0.25, -0.2) is 0 Å². The Morgan fingerprint density at radius 1 is 1.30 bits per heavy atom. The molecule has 0 aliphatic carbocycles. The van der Waals surface area contributed by atoms with Crippen molar-refractivity contribution >= 4 is 0 Å². The highest BCUT2D eigenvalue weighted by atomic mass is 16.5. The van der Waals surface area contributed by atoms with Crippen molar-refractivity contribution in [3.8, 4) is 0 Å². The van der Waals surface area contributed by atoms with Crippen molar-refractivity contribution < 1.29 is 4.74 Å². The van der Waals surface area contributed by atoms with Crippen molar-refractivity contribution in [3.05, 3.63) is 0 Å². The SMILES string of the molecule is CCC[C@H](C)C[C@H](C)OC. The highest BCUT2D eigenvalue weighted by Gasteiger charge is 2.05. The molecule has 0 unspecified atom stereocenters. The summed E-state index contributed by atoms with van der Waals surface area (Å²) < 4.78 is 5.17. The third kappa shape index (κ3) is 4.80. The maximum atomic E-state index is 5.17. The van der Waals surface area contributed by atoms with Gasteiger partial charge in [0.05, 0.1) is 6.10 Å². The zero-order valence-corrected chi connectivity index (χ0v) is 7.68. The lowest BCUT2D eigenvalue weighted by molar-refractivity contribution is 0.0960. The summed E-state index contributed by atoms with van der Waals surface area (Å²) in [6.07, 6.45) is 4.25. The van der Waals surface area contributed by atoms with Gasteiger partial charge in [-0.2, -0.15) is 0 Å². The first-order valence-corrected chi connectivity index (χ1v) is 4.23. The molecule has 0 aliphatic rings. The van der Waals surface area contributed by atoms with Crippen LogP contribution >= 0.6 is 0 Å².